The van der Waals surface area contributed by atoms with Crippen LogP contribution in [0.15, 0.2) is 59.1 Å². The minimum Gasteiger partial charge on any atom is -0.452 e. The molecule has 0 aliphatic heterocycles. The number of carbonyl (C=O) groups excluding carboxylic acids is 1. The molecule has 6 nitrogen and oxygen atoms in total. The third-order valence-corrected chi connectivity index (χ3v) is 3.64. The van der Waals surface area contributed by atoms with Gasteiger partial charge in [0.25, 0.3) is 5.89 Å². The predicted octanol–water partition coefficient (Wildman–Crippen LogP) is 4.70. The molecule has 9 heteroatoms. The van der Waals surface area contributed by atoms with E-state index < -0.39 is 12.3 Å². The van der Waals surface area contributed by atoms with Crippen molar-refractivity contribution in [2.75, 3.05) is 0 Å². The lowest BCUT2D eigenvalue weighted by Gasteiger charge is -2.08. The Morgan fingerprint density at radius 3 is 2.45 bits per heavy atom. The molecule has 0 saturated heterocycles. The summed E-state index contributed by atoms with van der Waals surface area (Å²) in [5.74, 6) is -0.754. The summed E-state index contributed by atoms with van der Waals surface area (Å²) in [6.07, 6.45) is -1.87. The second-order valence-electron chi connectivity index (χ2n) is 5.94. The minimum absolute atomic E-state index is 0.0488. The average molecular weight is 404 g/mol. The molecule has 0 N–H and O–H groups in total. The van der Waals surface area contributed by atoms with Crippen LogP contribution in [-0.2, 0) is 16.1 Å². The van der Waals surface area contributed by atoms with E-state index in [-0.39, 0.29) is 24.1 Å². The Morgan fingerprint density at radius 2 is 1.79 bits per heavy atom. The smallest absolute Gasteiger partial charge is 0.452 e. The van der Waals surface area contributed by atoms with Crippen LogP contribution in [0.2, 0.25) is 0 Å². The maximum absolute atomic E-state index is 12.2. The standard InChI is InChI=1S/C20H15F3N2O4/c1-13-2-4-14(5-3-13)6-11-18(26)27-12-17-24-19(25-29-17)15-7-9-16(10-8-15)28-20(21,22)23/h2-11H,12H2,1H3/b11-6+. The van der Waals surface area contributed by atoms with Gasteiger partial charge in [0.15, 0.2) is 6.61 Å². The van der Waals surface area contributed by atoms with Gasteiger partial charge in [0.05, 0.1) is 0 Å². The summed E-state index contributed by atoms with van der Waals surface area (Å²) in [7, 11) is 0. The van der Waals surface area contributed by atoms with Crippen LogP contribution in [0.4, 0.5) is 13.2 Å². The summed E-state index contributed by atoms with van der Waals surface area (Å²) >= 11 is 0. The summed E-state index contributed by atoms with van der Waals surface area (Å²) in [4.78, 5) is 15.8. The molecule has 2 aromatic carbocycles. The number of nitrogens with zero attached hydrogens (tertiary/aromatic N) is 2. The lowest BCUT2D eigenvalue weighted by Crippen LogP contribution is -2.16. The van der Waals surface area contributed by atoms with Gasteiger partial charge in [-0.1, -0.05) is 35.0 Å². The number of carbonyl (C=O) groups is 1. The molecule has 29 heavy (non-hydrogen) atoms. The molecule has 0 bridgehead atoms. The van der Waals surface area contributed by atoms with Gasteiger partial charge in [0.1, 0.15) is 5.75 Å². The summed E-state index contributed by atoms with van der Waals surface area (Å²) in [5, 5.41) is 3.71. The third-order valence-electron chi connectivity index (χ3n) is 3.64. The number of hydrogen-bond donors (Lipinski definition) is 0. The van der Waals surface area contributed by atoms with Gasteiger partial charge in [0, 0.05) is 11.6 Å². The Balaban J connectivity index is 1.54. The van der Waals surface area contributed by atoms with E-state index >= 15 is 0 Å². The van der Waals surface area contributed by atoms with Gasteiger partial charge in [-0.25, -0.2) is 4.79 Å². The Labute approximate surface area is 163 Å². The van der Waals surface area contributed by atoms with Gasteiger partial charge < -0.3 is 14.0 Å². The highest BCUT2D eigenvalue weighted by atomic mass is 19.4. The van der Waals surface area contributed by atoms with Crippen LogP contribution in [0.5, 0.6) is 5.75 Å². The topological polar surface area (TPSA) is 74.5 Å². The largest absolute Gasteiger partial charge is 0.573 e. The van der Waals surface area contributed by atoms with Crippen molar-refractivity contribution in [2.45, 2.75) is 19.9 Å². The van der Waals surface area contributed by atoms with Crippen LogP contribution in [0.25, 0.3) is 17.5 Å². The van der Waals surface area contributed by atoms with Crippen LogP contribution in [0, 0.1) is 6.92 Å². The Bertz CT molecular complexity index is 994. The molecule has 0 saturated carbocycles. The van der Waals surface area contributed by atoms with Crippen LogP contribution in [0.3, 0.4) is 0 Å². The van der Waals surface area contributed by atoms with E-state index in [0.717, 1.165) is 23.3 Å². The second-order valence-corrected chi connectivity index (χ2v) is 5.94. The molecule has 150 valence electrons. The maximum Gasteiger partial charge on any atom is 0.573 e. The third kappa shape index (κ3) is 6.20. The average Bonchev–Trinajstić information content (AvgIpc) is 3.14. The quantitative estimate of drug-likeness (QED) is 0.438. The van der Waals surface area contributed by atoms with Crippen LogP contribution in [-0.4, -0.2) is 22.5 Å². The molecule has 3 aromatic rings. The maximum atomic E-state index is 12.2. The van der Waals surface area contributed by atoms with E-state index in [1.165, 1.54) is 18.2 Å². The predicted molar refractivity (Wildman–Crippen MR) is 96.4 cm³/mol. The van der Waals surface area contributed by atoms with Gasteiger partial charge in [-0.2, -0.15) is 4.98 Å². The molecule has 0 aliphatic rings. The van der Waals surface area contributed by atoms with Crippen LogP contribution < -0.4 is 4.74 Å². The van der Waals surface area contributed by atoms with Crippen molar-refractivity contribution < 1.29 is 32.0 Å². The SMILES string of the molecule is Cc1ccc(/C=C/C(=O)OCc2nc(-c3ccc(OC(F)(F)F)cc3)no2)cc1. The van der Waals surface area contributed by atoms with E-state index in [1.807, 2.05) is 31.2 Å². The molecule has 1 heterocycles. The first-order valence-corrected chi connectivity index (χ1v) is 8.39. The second kappa shape index (κ2) is 8.59. The van der Waals surface area contributed by atoms with Gasteiger partial charge in [0.2, 0.25) is 5.82 Å². The van der Waals surface area contributed by atoms with Crippen LogP contribution in [0.1, 0.15) is 17.0 Å². The molecule has 0 aliphatic carbocycles. The highest BCUT2D eigenvalue weighted by molar-refractivity contribution is 5.87. The van der Waals surface area contributed by atoms with Crippen LogP contribution >= 0.6 is 0 Å². The molecule has 0 fully saturated rings. The van der Waals surface area contributed by atoms with Crippen molar-refractivity contribution in [3.8, 4) is 17.1 Å². The van der Waals surface area contributed by atoms with Crippen molar-refractivity contribution >= 4 is 12.0 Å². The lowest BCUT2D eigenvalue weighted by atomic mass is 10.1. The van der Waals surface area contributed by atoms with Crippen molar-refractivity contribution in [3.63, 3.8) is 0 Å². The Hall–Kier alpha value is -3.62. The van der Waals surface area contributed by atoms with Gasteiger partial charge in [-0.3, -0.25) is 0 Å². The van der Waals surface area contributed by atoms with E-state index in [9.17, 15) is 18.0 Å². The molecule has 0 spiro atoms. The first-order chi connectivity index (χ1) is 13.8. The number of halogens is 3. The molecule has 0 atom stereocenters. The molecule has 3 rings (SSSR count). The van der Waals surface area contributed by atoms with Crippen molar-refractivity contribution in [3.05, 3.63) is 71.6 Å². The zero-order chi connectivity index (χ0) is 20.9. The van der Waals surface area contributed by atoms with E-state index in [2.05, 4.69) is 14.9 Å². The normalized spacial score (nSPS) is 11.6. The number of benzene rings is 2. The molecular formula is C20H15F3N2O4. The van der Waals surface area contributed by atoms with Crippen molar-refractivity contribution in [1.29, 1.82) is 0 Å². The van der Waals surface area contributed by atoms with E-state index in [4.69, 9.17) is 9.26 Å². The fraction of sp³-hybridized carbons (Fsp3) is 0.150. The first-order valence-electron chi connectivity index (χ1n) is 8.39. The number of alkyl halides is 3. The molecule has 0 amide bonds. The molecule has 0 unspecified atom stereocenters. The number of hydrogen-bond acceptors (Lipinski definition) is 6. The van der Waals surface area contributed by atoms with Gasteiger partial charge >= 0.3 is 12.3 Å². The number of ether oxygens (including phenoxy) is 2. The zero-order valence-electron chi connectivity index (χ0n) is 15.1. The monoisotopic (exact) mass is 404 g/mol. The summed E-state index contributed by atoms with van der Waals surface area (Å²) < 4.78 is 50.3. The highest BCUT2D eigenvalue weighted by Crippen LogP contribution is 2.25. The van der Waals surface area contributed by atoms with E-state index in [0.29, 0.717) is 5.56 Å². The minimum atomic E-state index is -4.77. The zero-order valence-corrected chi connectivity index (χ0v) is 15.1. The Morgan fingerprint density at radius 1 is 1.10 bits per heavy atom. The first kappa shape index (κ1) is 20.1. The van der Waals surface area contributed by atoms with Gasteiger partial charge in [-0.05, 0) is 42.8 Å². The van der Waals surface area contributed by atoms with E-state index in [1.54, 1.807) is 6.08 Å². The van der Waals surface area contributed by atoms with Crippen molar-refractivity contribution in [1.82, 2.24) is 10.1 Å². The number of aromatic nitrogens is 2. The van der Waals surface area contributed by atoms with Gasteiger partial charge in [-0.15, -0.1) is 13.2 Å². The number of esters is 1. The summed E-state index contributed by atoms with van der Waals surface area (Å²) in [5.41, 5.74) is 2.38. The fourth-order valence-corrected chi connectivity index (χ4v) is 2.26. The lowest BCUT2D eigenvalue weighted by molar-refractivity contribution is -0.274. The number of rotatable bonds is 6. The Kier molecular flexibility index (Phi) is 5.96. The fourth-order valence-electron chi connectivity index (χ4n) is 2.26. The van der Waals surface area contributed by atoms with Crippen molar-refractivity contribution in [2.24, 2.45) is 0 Å². The summed E-state index contributed by atoms with van der Waals surface area (Å²) in [6, 6.07) is 12.6. The molecular weight excluding hydrogens is 389 g/mol. The number of aryl methyl sites for hydroxylation is 1. The molecule has 1 aromatic heterocycles. The summed E-state index contributed by atoms with van der Waals surface area (Å²) in [6.45, 7) is 1.73. The molecule has 0 radical (unpaired) electrons. The highest BCUT2D eigenvalue weighted by Gasteiger charge is 2.31.